The first-order chi connectivity index (χ1) is 11.8. The van der Waals surface area contributed by atoms with E-state index in [4.69, 9.17) is 23.7 Å². The third-order valence-electron chi connectivity index (χ3n) is 3.48. The van der Waals surface area contributed by atoms with E-state index in [0.717, 1.165) is 78.2 Å². The number of rotatable bonds is 4. The Morgan fingerprint density at radius 1 is 0.889 bits per heavy atom. The predicted octanol–water partition coefficient (Wildman–Crippen LogP) is -8.04. The summed E-state index contributed by atoms with van der Waals surface area (Å²) >= 11 is 0. The first kappa shape index (κ1) is 32.1. The standard InChI is InChI=1S/C14H30N4O2.BrH.ClHO4.Cu/c19-14(20)4-1-11-18-12-3-7-16-9-8-15-5-2-6-17-10-13-18;;2-1(3,4)5;/h15-17H,1-13H2,(H,19,20);1H;(H,2,3,4,5);/q;;;+2/p-2. The zero-order valence-electron chi connectivity index (χ0n) is 15.2. The van der Waals surface area contributed by atoms with E-state index in [0.29, 0.717) is 0 Å². The summed E-state index contributed by atoms with van der Waals surface area (Å²) in [6, 6.07) is 0. The van der Waals surface area contributed by atoms with Gasteiger partial charge in [0.15, 0.2) is 0 Å². The number of aliphatic carboxylic acids is 1. The van der Waals surface area contributed by atoms with Crippen LogP contribution in [0.3, 0.4) is 0 Å². The molecular weight excluding hydrogens is 499 g/mol. The van der Waals surface area contributed by atoms with Gasteiger partial charge in [-0.05, 0) is 52.0 Å². The Labute approximate surface area is 184 Å². The van der Waals surface area contributed by atoms with E-state index in [1.807, 2.05) is 0 Å². The van der Waals surface area contributed by atoms with E-state index in [9.17, 15) is 4.79 Å². The number of nitrogens with one attached hydrogen (secondary N) is 3. The molecule has 0 bridgehead atoms. The molecule has 1 aliphatic heterocycles. The van der Waals surface area contributed by atoms with Crippen LogP contribution in [0.1, 0.15) is 25.7 Å². The van der Waals surface area contributed by atoms with E-state index >= 15 is 0 Å². The summed E-state index contributed by atoms with van der Waals surface area (Å²) in [5, 5.41) is 19.0. The van der Waals surface area contributed by atoms with Gasteiger partial charge in [-0.2, -0.15) is 0 Å². The minimum Gasteiger partial charge on any atom is -1.00 e. The number of carbonyl (C=O) groups is 1. The molecule has 10 nitrogen and oxygen atoms in total. The van der Waals surface area contributed by atoms with Crippen LogP contribution in [-0.4, -0.2) is 74.9 Å². The average Bonchev–Trinajstić information content (AvgIpc) is 2.48. The van der Waals surface area contributed by atoms with Gasteiger partial charge in [-0.3, -0.25) is 4.79 Å². The molecule has 0 aromatic carbocycles. The molecule has 167 valence electrons. The Balaban J connectivity index is -0.000000729. The summed E-state index contributed by atoms with van der Waals surface area (Å²) in [6.07, 6.45) is 3.28. The SMILES string of the molecule is O=C(O)CCCN1CCCNCCNCCCNCC1.[Br-].[Cu+2].[O-][Cl+3]([O-])([O-])[O-]. The molecule has 0 atom stereocenters. The molecule has 13 heteroatoms. The average molecular weight is 529 g/mol. The number of hydrogen-bond acceptors (Lipinski definition) is 9. The van der Waals surface area contributed by atoms with Gasteiger partial charge < -0.3 is 42.9 Å². The fourth-order valence-corrected chi connectivity index (χ4v) is 2.34. The molecule has 0 spiro atoms. The zero-order chi connectivity index (χ0) is 19.0. The van der Waals surface area contributed by atoms with Crippen LogP contribution < -0.4 is 51.6 Å². The maximum absolute atomic E-state index is 10.6. The molecule has 4 N–H and O–H groups in total. The second-order valence-electron chi connectivity index (χ2n) is 5.67. The molecule has 1 saturated heterocycles. The Morgan fingerprint density at radius 2 is 1.37 bits per heavy atom. The van der Waals surface area contributed by atoms with Crippen molar-refractivity contribution in [2.75, 3.05) is 58.9 Å². The number of nitrogens with zero attached hydrogens (tertiary/aromatic N) is 1. The zero-order valence-corrected chi connectivity index (χ0v) is 18.5. The summed E-state index contributed by atoms with van der Waals surface area (Å²) in [7, 11) is -4.94. The Kier molecular flexibility index (Phi) is 25.2. The van der Waals surface area contributed by atoms with Crippen LogP contribution in [0.15, 0.2) is 0 Å². The van der Waals surface area contributed by atoms with Crippen molar-refractivity contribution in [3.8, 4) is 0 Å². The van der Waals surface area contributed by atoms with Gasteiger partial charge in [-0.1, -0.05) is 0 Å². The molecule has 1 radical (unpaired) electrons. The van der Waals surface area contributed by atoms with Crippen molar-refractivity contribution in [1.82, 2.24) is 20.9 Å². The second kappa shape index (κ2) is 21.2. The summed E-state index contributed by atoms with van der Waals surface area (Å²) in [4.78, 5) is 12.9. The van der Waals surface area contributed by atoms with Crippen molar-refractivity contribution >= 4 is 5.97 Å². The van der Waals surface area contributed by atoms with Crippen LogP contribution in [0.2, 0.25) is 0 Å². The largest absolute Gasteiger partial charge is 2.00 e. The fourth-order valence-electron chi connectivity index (χ4n) is 2.34. The van der Waals surface area contributed by atoms with E-state index < -0.39 is 16.2 Å². The number of hydrogen-bond donors (Lipinski definition) is 4. The molecule has 1 fully saturated rings. The van der Waals surface area contributed by atoms with Crippen molar-refractivity contribution in [3.05, 3.63) is 0 Å². The Hall–Kier alpha value is 0.439. The van der Waals surface area contributed by atoms with Crippen LogP contribution in [0.5, 0.6) is 0 Å². The summed E-state index contributed by atoms with van der Waals surface area (Å²) < 4.78 is 34.0. The van der Waals surface area contributed by atoms with Gasteiger partial charge in [0.2, 0.25) is 0 Å². The molecule has 0 amide bonds. The summed E-state index contributed by atoms with van der Waals surface area (Å²) in [5.74, 6) is -0.695. The maximum atomic E-state index is 10.6. The van der Waals surface area contributed by atoms with Crippen LogP contribution in [-0.2, 0) is 21.9 Å². The number of carboxylic acids is 1. The van der Waals surface area contributed by atoms with Crippen molar-refractivity contribution in [2.45, 2.75) is 25.7 Å². The van der Waals surface area contributed by atoms with Gasteiger partial charge in [-0.15, -0.1) is 10.2 Å². The topological polar surface area (TPSA) is 169 Å². The Morgan fingerprint density at radius 3 is 1.89 bits per heavy atom. The van der Waals surface area contributed by atoms with E-state index in [-0.39, 0.29) is 40.5 Å². The van der Waals surface area contributed by atoms with Crippen LogP contribution >= 0.6 is 0 Å². The first-order valence-electron chi connectivity index (χ1n) is 8.47. The van der Waals surface area contributed by atoms with Gasteiger partial charge in [-0.25, -0.2) is 18.6 Å². The quantitative estimate of drug-likeness (QED) is 0.257. The van der Waals surface area contributed by atoms with Gasteiger partial charge in [0.05, 0.1) is 0 Å². The summed E-state index contributed by atoms with van der Waals surface area (Å²) in [6.45, 7) is 9.12. The van der Waals surface area contributed by atoms with Gasteiger partial charge in [0.25, 0.3) is 0 Å². The van der Waals surface area contributed by atoms with E-state index in [2.05, 4.69) is 20.9 Å². The third kappa shape index (κ3) is 31.4. The molecule has 0 unspecified atom stereocenters. The number of carboxylic acid groups (broad SMARTS) is 1. The third-order valence-corrected chi connectivity index (χ3v) is 3.48. The molecule has 1 heterocycles. The van der Waals surface area contributed by atoms with Crippen molar-refractivity contribution < 1.29 is 72.8 Å². The molecule has 0 aromatic rings. The van der Waals surface area contributed by atoms with Crippen molar-refractivity contribution in [2.24, 2.45) is 0 Å². The molecule has 0 aromatic heterocycles. The second-order valence-corrected chi connectivity index (χ2v) is 6.43. The smallest absolute Gasteiger partial charge is 1.00 e. The Bertz CT molecular complexity index is 325. The molecular formula is C14H30BrClCuN4O6. The predicted molar refractivity (Wildman–Crippen MR) is 81.2 cm³/mol. The minimum atomic E-state index is -4.94. The maximum Gasteiger partial charge on any atom is 2.00 e. The van der Waals surface area contributed by atoms with Gasteiger partial charge in [0, 0.05) is 32.6 Å². The molecule has 1 rings (SSSR count). The van der Waals surface area contributed by atoms with Crippen molar-refractivity contribution in [1.29, 1.82) is 0 Å². The van der Waals surface area contributed by atoms with E-state index in [1.54, 1.807) is 0 Å². The minimum absolute atomic E-state index is 0. The fraction of sp³-hybridized carbons (Fsp3) is 0.929. The van der Waals surface area contributed by atoms with Gasteiger partial charge >= 0.3 is 23.0 Å². The summed E-state index contributed by atoms with van der Waals surface area (Å²) in [5.41, 5.74) is 0. The monoisotopic (exact) mass is 527 g/mol. The first-order valence-corrected chi connectivity index (χ1v) is 9.70. The molecule has 1 aliphatic rings. The number of halogens is 2. The van der Waals surface area contributed by atoms with Crippen LogP contribution in [0.25, 0.3) is 0 Å². The van der Waals surface area contributed by atoms with Crippen molar-refractivity contribution in [3.63, 3.8) is 0 Å². The molecule has 0 saturated carbocycles. The molecule has 0 aliphatic carbocycles. The van der Waals surface area contributed by atoms with Gasteiger partial charge in [0.1, 0.15) is 0 Å². The normalized spacial score (nSPS) is 17.9. The van der Waals surface area contributed by atoms with E-state index in [1.165, 1.54) is 0 Å². The van der Waals surface area contributed by atoms with Crippen LogP contribution in [0.4, 0.5) is 0 Å². The van der Waals surface area contributed by atoms with Crippen LogP contribution in [0, 0.1) is 10.2 Å². The molecule has 27 heavy (non-hydrogen) atoms.